The van der Waals surface area contributed by atoms with E-state index in [0.717, 1.165) is 19.6 Å². The Kier molecular flexibility index (Phi) is 3.32. The standard InChI is InChI=1S/C12H17BrN2/c1-9-3-2-4-11(12(9)13)15-6-5-10(7-14)8-15/h2-4,10H,5-8,14H2,1H3. The fourth-order valence-electron chi connectivity index (χ4n) is 2.12. The smallest absolute Gasteiger partial charge is 0.0513 e. The molecule has 1 aliphatic rings. The molecule has 1 saturated heterocycles. The zero-order valence-corrected chi connectivity index (χ0v) is 10.6. The largest absolute Gasteiger partial charge is 0.370 e. The van der Waals surface area contributed by atoms with Crippen LogP contribution in [-0.4, -0.2) is 19.6 Å². The molecular weight excluding hydrogens is 252 g/mol. The van der Waals surface area contributed by atoms with Crippen LogP contribution < -0.4 is 10.6 Å². The molecule has 1 aromatic rings. The lowest BCUT2D eigenvalue weighted by Crippen LogP contribution is -2.23. The van der Waals surface area contributed by atoms with Gasteiger partial charge in [-0.15, -0.1) is 0 Å². The second kappa shape index (κ2) is 4.54. The van der Waals surface area contributed by atoms with Crippen LogP contribution in [0.3, 0.4) is 0 Å². The lowest BCUT2D eigenvalue weighted by Gasteiger charge is -2.21. The topological polar surface area (TPSA) is 29.3 Å². The first kappa shape index (κ1) is 11.0. The van der Waals surface area contributed by atoms with E-state index in [-0.39, 0.29) is 0 Å². The van der Waals surface area contributed by atoms with E-state index in [1.54, 1.807) is 0 Å². The number of hydrogen-bond acceptors (Lipinski definition) is 2. The maximum absolute atomic E-state index is 5.70. The summed E-state index contributed by atoms with van der Waals surface area (Å²) in [6.45, 7) is 5.16. The summed E-state index contributed by atoms with van der Waals surface area (Å²) in [5, 5.41) is 0. The fraction of sp³-hybridized carbons (Fsp3) is 0.500. The number of hydrogen-bond donors (Lipinski definition) is 1. The van der Waals surface area contributed by atoms with E-state index in [1.807, 2.05) is 0 Å². The number of rotatable bonds is 2. The predicted molar refractivity (Wildman–Crippen MR) is 68.3 cm³/mol. The minimum atomic E-state index is 0.664. The van der Waals surface area contributed by atoms with Crippen LogP contribution in [0.15, 0.2) is 22.7 Å². The lowest BCUT2D eigenvalue weighted by molar-refractivity contribution is 0.602. The van der Waals surface area contributed by atoms with Crippen molar-refractivity contribution >= 4 is 21.6 Å². The van der Waals surface area contributed by atoms with Crippen molar-refractivity contribution in [2.75, 3.05) is 24.5 Å². The molecule has 0 aromatic heterocycles. The van der Waals surface area contributed by atoms with Crippen LogP contribution in [0.5, 0.6) is 0 Å². The summed E-state index contributed by atoms with van der Waals surface area (Å²) >= 11 is 3.66. The highest BCUT2D eigenvalue weighted by Crippen LogP contribution is 2.32. The first-order valence-corrected chi connectivity index (χ1v) is 6.22. The molecule has 15 heavy (non-hydrogen) atoms. The summed E-state index contributed by atoms with van der Waals surface area (Å²) in [4.78, 5) is 2.43. The molecule has 1 fully saturated rings. The molecule has 1 aromatic carbocycles. The van der Waals surface area contributed by atoms with Gasteiger partial charge in [0, 0.05) is 17.6 Å². The van der Waals surface area contributed by atoms with Gasteiger partial charge in [-0.25, -0.2) is 0 Å². The lowest BCUT2D eigenvalue weighted by atomic mass is 10.1. The van der Waals surface area contributed by atoms with Crippen molar-refractivity contribution in [3.8, 4) is 0 Å². The van der Waals surface area contributed by atoms with E-state index in [1.165, 1.54) is 22.1 Å². The van der Waals surface area contributed by atoms with Crippen LogP contribution in [0.1, 0.15) is 12.0 Å². The summed E-state index contributed by atoms with van der Waals surface area (Å²) < 4.78 is 1.22. The Labute approximate surface area is 99.6 Å². The Hall–Kier alpha value is -0.540. The highest BCUT2D eigenvalue weighted by molar-refractivity contribution is 9.10. The minimum Gasteiger partial charge on any atom is -0.370 e. The Balaban J connectivity index is 2.20. The van der Waals surface area contributed by atoms with Gasteiger partial charge in [-0.3, -0.25) is 0 Å². The molecule has 2 nitrogen and oxygen atoms in total. The third kappa shape index (κ3) is 2.18. The van der Waals surface area contributed by atoms with Crippen molar-refractivity contribution in [3.05, 3.63) is 28.2 Å². The summed E-state index contributed by atoms with van der Waals surface area (Å²) in [6, 6.07) is 6.42. The molecule has 1 unspecified atom stereocenters. The van der Waals surface area contributed by atoms with Gasteiger partial charge in [0.25, 0.3) is 0 Å². The highest BCUT2D eigenvalue weighted by atomic mass is 79.9. The van der Waals surface area contributed by atoms with Gasteiger partial charge in [-0.2, -0.15) is 0 Å². The van der Waals surface area contributed by atoms with Gasteiger partial charge >= 0.3 is 0 Å². The monoisotopic (exact) mass is 268 g/mol. The molecule has 1 atom stereocenters. The molecule has 1 heterocycles. The third-order valence-corrected chi connectivity index (χ3v) is 4.16. The van der Waals surface area contributed by atoms with Crippen molar-refractivity contribution in [1.29, 1.82) is 0 Å². The van der Waals surface area contributed by atoms with Gasteiger partial charge in [0.1, 0.15) is 0 Å². The molecule has 0 spiro atoms. The zero-order chi connectivity index (χ0) is 10.8. The summed E-state index contributed by atoms with van der Waals surface area (Å²) in [6.07, 6.45) is 1.22. The van der Waals surface area contributed by atoms with Gasteiger partial charge in [-0.1, -0.05) is 12.1 Å². The number of benzene rings is 1. The Morgan fingerprint density at radius 3 is 3.00 bits per heavy atom. The van der Waals surface area contributed by atoms with Crippen LogP contribution in [-0.2, 0) is 0 Å². The van der Waals surface area contributed by atoms with E-state index in [0.29, 0.717) is 5.92 Å². The van der Waals surface area contributed by atoms with E-state index >= 15 is 0 Å². The molecule has 1 aliphatic heterocycles. The molecule has 0 aliphatic carbocycles. The molecule has 0 radical (unpaired) electrons. The van der Waals surface area contributed by atoms with Crippen LogP contribution in [0, 0.1) is 12.8 Å². The minimum absolute atomic E-state index is 0.664. The molecule has 0 saturated carbocycles. The third-order valence-electron chi connectivity index (χ3n) is 3.13. The van der Waals surface area contributed by atoms with Crippen LogP contribution in [0.2, 0.25) is 0 Å². The Morgan fingerprint density at radius 1 is 1.53 bits per heavy atom. The quantitative estimate of drug-likeness (QED) is 0.894. The molecule has 0 bridgehead atoms. The fourth-order valence-corrected chi connectivity index (χ4v) is 2.64. The van der Waals surface area contributed by atoms with Crippen LogP contribution in [0.25, 0.3) is 0 Å². The predicted octanol–water partition coefficient (Wildman–Crippen LogP) is 2.54. The zero-order valence-electron chi connectivity index (χ0n) is 9.04. The average Bonchev–Trinajstić information content (AvgIpc) is 2.70. The molecule has 2 rings (SSSR count). The van der Waals surface area contributed by atoms with Gasteiger partial charge < -0.3 is 10.6 Å². The van der Waals surface area contributed by atoms with E-state index in [2.05, 4.69) is 46.0 Å². The number of nitrogens with zero attached hydrogens (tertiary/aromatic N) is 1. The molecule has 0 amide bonds. The van der Waals surface area contributed by atoms with Crippen LogP contribution >= 0.6 is 15.9 Å². The molecule has 82 valence electrons. The highest BCUT2D eigenvalue weighted by Gasteiger charge is 2.22. The Bertz CT molecular complexity index is 351. The second-order valence-electron chi connectivity index (χ2n) is 4.24. The first-order chi connectivity index (χ1) is 7.22. The van der Waals surface area contributed by atoms with Crippen molar-refractivity contribution in [2.24, 2.45) is 11.7 Å². The van der Waals surface area contributed by atoms with Gasteiger partial charge in [0.05, 0.1) is 5.69 Å². The number of nitrogens with two attached hydrogens (primary N) is 1. The second-order valence-corrected chi connectivity index (χ2v) is 5.04. The number of aryl methyl sites for hydroxylation is 1. The summed E-state index contributed by atoms with van der Waals surface area (Å²) in [5.41, 5.74) is 8.31. The van der Waals surface area contributed by atoms with Crippen molar-refractivity contribution in [3.63, 3.8) is 0 Å². The Morgan fingerprint density at radius 2 is 2.33 bits per heavy atom. The SMILES string of the molecule is Cc1cccc(N2CCC(CN)C2)c1Br. The van der Waals surface area contributed by atoms with Crippen molar-refractivity contribution in [2.45, 2.75) is 13.3 Å². The molecule has 3 heteroatoms. The van der Waals surface area contributed by atoms with E-state index < -0.39 is 0 Å². The molecule has 2 N–H and O–H groups in total. The average molecular weight is 269 g/mol. The first-order valence-electron chi connectivity index (χ1n) is 5.42. The maximum Gasteiger partial charge on any atom is 0.0513 e. The molecular formula is C12H17BrN2. The van der Waals surface area contributed by atoms with Gasteiger partial charge in [0.2, 0.25) is 0 Å². The van der Waals surface area contributed by atoms with E-state index in [4.69, 9.17) is 5.73 Å². The number of halogens is 1. The summed E-state index contributed by atoms with van der Waals surface area (Å²) in [7, 11) is 0. The number of anilines is 1. The van der Waals surface area contributed by atoms with Crippen molar-refractivity contribution < 1.29 is 0 Å². The maximum atomic E-state index is 5.70. The van der Waals surface area contributed by atoms with Crippen molar-refractivity contribution in [1.82, 2.24) is 0 Å². The summed E-state index contributed by atoms with van der Waals surface area (Å²) in [5.74, 6) is 0.664. The van der Waals surface area contributed by atoms with Gasteiger partial charge in [-0.05, 0) is 53.4 Å². The van der Waals surface area contributed by atoms with E-state index in [9.17, 15) is 0 Å². The van der Waals surface area contributed by atoms with Crippen LogP contribution in [0.4, 0.5) is 5.69 Å². The van der Waals surface area contributed by atoms with Gasteiger partial charge in [0.15, 0.2) is 0 Å². The normalized spacial score (nSPS) is 21.0.